The highest BCUT2D eigenvalue weighted by Crippen LogP contribution is 2.39. The summed E-state index contributed by atoms with van der Waals surface area (Å²) in [7, 11) is 0.468. The van der Waals surface area contributed by atoms with Crippen molar-refractivity contribution < 1.29 is 4.57 Å². The van der Waals surface area contributed by atoms with Crippen LogP contribution in [0.2, 0.25) is 0 Å². The molecule has 1 atom stereocenters. The molecule has 0 bridgehead atoms. The van der Waals surface area contributed by atoms with E-state index in [1.807, 2.05) is 18.2 Å². The molecule has 0 amide bonds. The van der Waals surface area contributed by atoms with Crippen molar-refractivity contribution in [3.63, 3.8) is 0 Å². The summed E-state index contributed by atoms with van der Waals surface area (Å²) in [5, 5.41) is 3.03. The van der Waals surface area contributed by atoms with Crippen molar-refractivity contribution in [1.82, 2.24) is 15.4 Å². The van der Waals surface area contributed by atoms with Crippen LogP contribution in [0.3, 0.4) is 0 Å². The van der Waals surface area contributed by atoms with Crippen LogP contribution >= 0.6 is 7.44 Å². The van der Waals surface area contributed by atoms with Gasteiger partial charge in [0.15, 0.2) is 0 Å². The number of benzene rings is 1. The first kappa shape index (κ1) is 11.4. The molecule has 1 unspecified atom stereocenters. The Balaban J connectivity index is 3.09. The molecule has 14 heavy (non-hydrogen) atoms. The van der Waals surface area contributed by atoms with Crippen LogP contribution in [0.1, 0.15) is 0 Å². The topological polar surface area (TPSA) is 70.4 Å². The number of nitrogens with one attached hydrogen (secondary N) is 2. The van der Waals surface area contributed by atoms with Crippen molar-refractivity contribution in [3.05, 3.63) is 30.3 Å². The molecule has 1 aromatic rings. The maximum atomic E-state index is 12.3. The van der Waals surface area contributed by atoms with Crippen LogP contribution < -0.4 is 21.8 Å². The molecule has 0 saturated carbocycles. The Morgan fingerprint density at radius 1 is 1.36 bits per heavy atom. The van der Waals surface area contributed by atoms with Gasteiger partial charge in [-0.3, -0.25) is 15.8 Å². The van der Waals surface area contributed by atoms with Crippen molar-refractivity contribution in [1.29, 1.82) is 0 Å². The van der Waals surface area contributed by atoms with Crippen LogP contribution in [0.5, 0.6) is 0 Å². The van der Waals surface area contributed by atoms with Crippen molar-refractivity contribution in [2.24, 2.45) is 5.84 Å². The Hall–Kier alpha value is -0.710. The Labute approximate surface area is 83.7 Å². The maximum absolute atomic E-state index is 12.3. The smallest absolute Gasteiger partial charge is 0.268 e. The van der Waals surface area contributed by atoms with E-state index in [-0.39, 0.29) is 0 Å². The number of hydrogen-bond donors (Lipinski definition) is 3. The molecule has 0 fully saturated rings. The van der Waals surface area contributed by atoms with Crippen LogP contribution in [-0.2, 0) is 4.57 Å². The molecule has 1 rings (SSSR count). The normalized spacial score (nSPS) is 15.4. The van der Waals surface area contributed by atoms with Crippen LogP contribution in [0.4, 0.5) is 0 Å². The van der Waals surface area contributed by atoms with Gasteiger partial charge in [0.05, 0.1) is 0 Å². The van der Waals surface area contributed by atoms with Gasteiger partial charge >= 0.3 is 0 Å². The summed E-state index contributed by atoms with van der Waals surface area (Å²) in [5.74, 6) is 5.32. The lowest BCUT2D eigenvalue weighted by Gasteiger charge is -2.26. The number of nitrogens with two attached hydrogens (primary N) is 1. The van der Waals surface area contributed by atoms with E-state index in [0.29, 0.717) is 5.30 Å². The molecule has 6 heteroatoms. The summed E-state index contributed by atoms with van der Waals surface area (Å²) in [5.41, 5.74) is 2.78. The Kier molecular flexibility index (Phi) is 3.80. The van der Waals surface area contributed by atoms with Gasteiger partial charge in [0.25, 0.3) is 7.44 Å². The quantitative estimate of drug-likeness (QED) is 0.375. The van der Waals surface area contributed by atoms with Gasteiger partial charge in [0, 0.05) is 12.4 Å². The van der Waals surface area contributed by atoms with E-state index in [2.05, 4.69) is 10.6 Å². The van der Waals surface area contributed by atoms with Gasteiger partial charge in [-0.15, -0.1) is 0 Å². The minimum absolute atomic E-state index is 0.666. The van der Waals surface area contributed by atoms with E-state index in [4.69, 9.17) is 5.84 Å². The molecule has 4 N–H and O–H groups in total. The fraction of sp³-hybridized carbons (Fsp3) is 0.250. The van der Waals surface area contributed by atoms with Gasteiger partial charge in [-0.2, -0.15) is 9.98 Å². The molecule has 78 valence electrons. The summed E-state index contributed by atoms with van der Waals surface area (Å²) < 4.78 is 13.8. The molecular weight excluding hydrogens is 199 g/mol. The zero-order chi connectivity index (χ0) is 10.6. The van der Waals surface area contributed by atoms with Gasteiger partial charge < -0.3 is 0 Å². The zero-order valence-electron chi connectivity index (χ0n) is 8.27. The highest BCUT2D eigenvalue weighted by atomic mass is 31.2. The van der Waals surface area contributed by atoms with E-state index in [9.17, 15) is 4.57 Å². The monoisotopic (exact) mass is 214 g/mol. The lowest BCUT2D eigenvalue weighted by molar-refractivity contribution is 0.400. The van der Waals surface area contributed by atoms with Gasteiger partial charge in [0.2, 0.25) is 0 Å². The van der Waals surface area contributed by atoms with Crippen molar-refractivity contribution in [2.45, 2.75) is 0 Å². The van der Waals surface area contributed by atoms with Gasteiger partial charge in [-0.05, 0) is 19.2 Å². The van der Waals surface area contributed by atoms with E-state index in [0.717, 1.165) is 0 Å². The van der Waals surface area contributed by atoms with E-state index < -0.39 is 7.44 Å². The Morgan fingerprint density at radius 3 is 2.36 bits per heavy atom. The number of hydrogen-bond acceptors (Lipinski definition) is 3. The Morgan fingerprint density at radius 2 is 1.93 bits per heavy atom. The summed E-state index contributed by atoms with van der Waals surface area (Å²) >= 11 is 0. The first-order valence-corrected chi connectivity index (χ1v) is 5.86. The molecule has 0 spiro atoms. The summed E-state index contributed by atoms with van der Waals surface area (Å²) in [6.07, 6.45) is 0. The fourth-order valence-electron chi connectivity index (χ4n) is 1.11. The second-order valence-corrected chi connectivity index (χ2v) is 5.31. The SMILES string of the molecule is CNN(C)P(=O)(NN)c1ccccc1. The van der Waals surface area contributed by atoms with Crippen molar-refractivity contribution in [2.75, 3.05) is 14.1 Å². The first-order valence-electron chi connectivity index (χ1n) is 4.20. The highest BCUT2D eigenvalue weighted by Gasteiger charge is 2.27. The predicted molar refractivity (Wildman–Crippen MR) is 57.8 cm³/mol. The van der Waals surface area contributed by atoms with Crippen molar-refractivity contribution in [3.8, 4) is 0 Å². The first-order chi connectivity index (χ1) is 6.65. The minimum Gasteiger partial charge on any atom is -0.281 e. The average Bonchev–Trinajstić information content (AvgIpc) is 2.28. The minimum atomic E-state index is -2.89. The summed E-state index contributed by atoms with van der Waals surface area (Å²) in [6.45, 7) is 0. The summed E-state index contributed by atoms with van der Waals surface area (Å²) in [6, 6.07) is 9.05. The third-order valence-corrected chi connectivity index (χ3v) is 4.42. The van der Waals surface area contributed by atoms with Crippen LogP contribution in [-0.4, -0.2) is 18.9 Å². The molecule has 1 aromatic carbocycles. The number of rotatable bonds is 4. The second-order valence-electron chi connectivity index (χ2n) is 2.79. The fourth-order valence-corrected chi connectivity index (χ4v) is 2.63. The molecule has 0 heterocycles. The zero-order valence-corrected chi connectivity index (χ0v) is 9.16. The van der Waals surface area contributed by atoms with Gasteiger partial charge in [0.1, 0.15) is 0 Å². The molecular formula is C8H15N4OP. The van der Waals surface area contributed by atoms with Crippen molar-refractivity contribution >= 4 is 12.7 Å². The lowest BCUT2D eigenvalue weighted by atomic mass is 10.4. The third kappa shape index (κ3) is 2.03. The van der Waals surface area contributed by atoms with E-state index in [1.165, 1.54) is 4.78 Å². The molecule has 0 aliphatic carbocycles. The Bertz CT molecular complexity index is 329. The third-order valence-electron chi connectivity index (χ3n) is 2.03. The van der Waals surface area contributed by atoms with Crippen LogP contribution in [0, 0.1) is 0 Å². The average molecular weight is 214 g/mol. The molecule has 0 radical (unpaired) electrons. The second kappa shape index (κ2) is 4.68. The predicted octanol–water partition coefficient (Wildman–Crippen LogP) is 0.0345. The lowest BCUT2D eigenvalue weighted by Crippen LogP contribution is -2.40. The van der Waals surface area contributed by atoms with Crippen LogP contribution in [0.15, 0.2) is 30.3 Å². The molecule has 5 nitrogen and oxygen atoms in total. The maximum Gasteiger partial charge on any atom is 0.268 e. The highest BCUT2D eigenvalue weighted by molar-refractivity contribution is 7.67. The number of nitrogens with zero attached hydrogens (tertiary/aromatic N) is 1. The van der Waals surface area contributed by atoms with E-state index >= 15 is 0 Å². The molecule has 0 aromatic heterocycles. The van der Waals surface area contributed by atoms with Crippen LogP contribution in [0.25, 0.3) is 0 Å². The van der Waals surface area contributed by atoms with Gasteiger partial charge in [-0.1, -0.05) is 18.2 Å². The molecule has 0 aliphatic rings. The van der Waals surface area contributed by atoms with E-state index in [1.54, 1.807) is 26.2 Å². The number of hydrazine groups is 2. The largest absolute Gasteiger partial charge is 0.281 e. The standard InChI is InChI=1S/C8H15N4OP/c1-10-12(2)14(13,11-9)8-6-4-3-5-7-8/h3-7,10H,9H2,1-2H3,(H,11,13). The molecule has 0 saturated heterocycles. The molecule has 0 aliphatic heterocycles. The summed E-state index contributed by atoms with van der Waals surface area (Å²) in [4.78, 5) is 0. The van der Waals surface area contributed by atoms with Gasteiger partial charge in [-0.25, -0.2) is 0 Å².